The standard InChI is InChI=1S/C7H5N3O2/c11-9-4-2-6-5-8-3-1-7(6)10(9)12/h1-5H. The van der Waals surface area contributed by atoms with Crippen LogP contribution in [0.25, 0.3) is 10.9 Å². The second-order valence-corrected chi connectivity index (χ2v) is 2.33. The van der Waals surface area contributed by atoms with Crippen LogP contribution in [0.3, 0.4) is 0 Å². The highest BCUT2D eigenvalue weighted by molar-refractivity contribution is 5.72. The monoisotopic (exact) mass is 163 g/mol. The molecule has 12 heavy (non-hydrogen) atoms. The Morgan fingerprint density at radius 3 is 2.92 bits per heavy atom. The summed E-state index contributed by atoms with van der Waals surface area (Å²) in [6, 6.07) is 3.04. The predicted molar refractivity (Wildman–Crippen MR) is 39.7 cm³/mol. The van der Waals surface area contributed by atoms with Gasteiger partial charge in [0.2, 0.25) is 0 Å². The molecule has 0 saturated carbocycles. The molecular weight excluding hydrogens is 158 g/mol. The second kappa shape index (κ2) is 2.30. The van der Waals surface area contributed by atoms with Gasteiger partial charge in [0.25, 0.3) is 11.7 Å². The minimum absolute atomic E-state index is 0.225. The topological polar surface area (TPSA) is 66.8 Å². The van der Waals surface area contributed by atoms with Crippen molar-refractivity contribution in [2.75, 3.05) is 0 Å². The normalized spacial score (nSPS) is 10.3. The van der Waals surface area contributed by atoms with Crippen LogP contribution >= 0.6 is 0 Å². The summed E-state index contributed by atoms with van der Waals surface area (Å²) in [5.41, 5.74) is 0.322. The molecule has 60 valence electrons. The minimum Gasteiger partial charge on any atom is -0.561 e. The fraction of sp³-hybridized carbons (Fsp3) is 0. The molecule has 5 nitrogen and oxygen atoms in total. The van der Waals surface area contributed by atoms with E-state index in [9.17, 15) is 10.4 Å². The summed E-state index contributed by atoms with van der Waals surface area (Å²) in [7, 11) is 0. The first-order valence-corrected chi connectivity index (χ1v) is 3.35. The molecule has 0 radical (unpaired) electrons. The first-order chi connectivity index (χ1) is 5.79. The van der Waals surface area contributed by atoms with Crippen molar-refractivity contribution >= 4 is 10.9 Å². The quantitative estimate of drug-likeness (QED) is 0.388. The zero-order chi connectivity index (χ0) is 8.55. The van der Waals surface area contributed by atoms with Crippen molar-refractivity contribution in [2.45, 2.75) is 0 Å². The zero-order valence-corrected chi connectivity index (χ0v) is 6.04. The van der Waals surface area contributed by atoms with Crippen LogP contribution in [0.5, 0.6) is 0 Å². The van der Waals surface area contributed by atoms with E-state index in [0.717, 1.165) is 6.20 Å². The molecule has 0 amide bonds. The molecule has 2 heterocycles. The van der Waals surface area contributed by atoms with E-state index in [1.54, 1.807) is 6.07 Å². The van der Waals surface area contributed by atoms with Gasteiger partial charge in [0.05, 0.1) is 15.1 Å². The number of nitrogens with zero attached hydrogens (tertiary/aromatic N) is 3. The molecule has 0 aliphatic carbocycles. The summed E-state index contributed by atoms with van der Waals surface area (Å²) in [4.78, 5) is 4.32. The van der Waals surface area contributed by atoms with Crippen LogP contribution < -0.4 is 9.69 Å². The van der Waals surface area contributed by atoms with Gasteiger partial charge in [-0.3, -0.25) is 4.98 Å². The summed E-state index contributed by atoms with van der Waals surface area (Å²) in [6.07, 6.45) is 4.15. The van der Waals surface area contributed by atoms with Crippen molar-refractivity contribution in [3.05, 3.63) is 41.1 Å². The SMILES string of the molecule is [O-][n+]1ccc2cnccc2[n+]1[O-]. The molecule has 0 unspecified atom stereocenters. The third kappa shape index (κ3) is 0.833. The molecular formula is C7H5N3O2. The van der Waals surface area contributed by atoms with Crippen molar-refractivity contribution in [1.29, 1.82) is 0 Å². The summed E-state index contributed by atoms with van der Waals surface area (Å²) >= 11 is 0. The van der Waals surface area contributed by atoms with Crippen LogP contribution in [-0.2, 0) is 0 Å². The fourth-order valence-corrected chi connectivity index (χ4v) is 1.01. The second-order valence-electron chi connectivity index (χ2n) is 2.33. The van der Waals surface area contributed by atoms with Crippen molar-refractivity contribution in [2.24, 2.45) is 0 Å². The van der Waals surface area contributed by atoms with Crippen LogP contribution in [0.4, 0.5) is 0 Å². The largest absolute Gasteiger partial charge is 0.561 e. The van der Waals surface area contributed by atoms with Gasteiger partial charge in [0, 0.05) is 24.5 Å². The molecule has 0 atom stereocenters. The molecule has 0 N–H and O–H groups in total. The van der Waals surface area contributed by atoms with E-state index in [1.165, 1.54) is 18.5 Å². The first kappa shape index (κ1) is 6.78. The zero-order valence-electron chi connectivity index (χ0n) is 6.04. The maximum absolute atomic E-state index is 11.1. The Morgan fingerprint density at radius 2 is 2.08 bits per heavy atom. The maximum atomic E-state index is 11.1. The molecule has 0 spiro atoms. The highest BCUT2D eigenvalue weighted by atomic mass is 16.6. The number of aromatic nitrogens is 3. The average molecular weight is 163 g/mol. The molecule has 0 aliphatic rings. The molecule has 0 saturated heterocycles. The maximum Gasteiger partial charge on any atom is 0.298 e. The van der Waals surface area contributed by atoms with Crippen LogP contribution in [-0.4, -0.2) is 4.98 Å². The molecule has 5 heteroatoms. The lowest BCUT2D eigenvalue weighted by molar-refractivity contribution is -1.18. The van der Waals surface area contributed by atoms with E-state index in [-0.39, 0.29) is 9.69 Å². The van der Waals surface area contributed by atoms with E-state index in [0.29, 0.717) is 10.9 Å². The van der Waals surface area contributed by atoms with Gasteiger partial charge in [-0.05, 0) is 0 Å². The lowest BCUT2D eigenvalue weighted by atomic mass is 10.3. The van der Waals surface area contributed by atoms with Crippen LogP contribution in [0.2, 0.25) is 0 Å². The smallest absolute Gasteiger partial charge is 0.298 e. The van der Waals surface area contributed by atoms with Gasteiger partial charge in [0.1, 0.15) is 0 Å². The van der Waals surface area contributed by atoms with E-state index < -0.39 is 0 Å². The van der Waals surface area contributed by atoms with Gasteiger partial charge in [-0.1, -0.05) is 0 Å². The molecule has 0 aliphatic heterocycles. The summed E-state index contributed by atoms with van der Waals surface area (Å²) in [5.74, 6) is 0. The number of hydrogen-bond donors (Lipinski definition) is 0. The highest BCUT2D eigenvalue weighted by Gasteiger charge is 2.09. The summed E-state index contributed by atoms with van der Waals surface area (Å²) < 4.78 is 0. The fourth-order valence-electron chi connectivity index (χ4n) is 1.01. The van der Waals surface area contributed by atoms with Gasteiger partial charge in [0.15, 0.2) is 0 Å². The number of pyridine rings is 1. The average Bonchev–Trinajstić information content (AvgIpc) is 2.12. The van der Waals surface area contributed by atoms with Crippen molar-refractivity contribution in [3.63, 3.8) is 0 Å². The van der Waals surface area contributed by atoms with Gasteiger partial charge in [-0.15, -0.1) is 0 Å². The van der Waals surface area contributed by atoms with Gasteiger partial charge >= 0.3 is 0 Å². The lowest BCUT2D eigenvalue weighted by Gasteiger charge is -1.97. The molecule has 0 bridgehead atoms. The van der Waals surface area contributed by atoms with E-state index in [2.05, 4.69) is 4.98 Å². The van der Waals surface area contributed by atoms with Crippen molar-refractivity contribution < 1.29 is 9.69 Å². The number of fused-ring (bicyclic) bond motifs is 1. The van der Waals surface area contributed by atoms with E-state index in [4.69, 9.17) is 0 Å². The predicted octanol–water partition coefficient (Wildman–Crippen LogP) is -0.498. The molecule has 2 aromatic rings. The first-order valence-electron chi connectivity index (χ1n) is 3.35. The van der Waals surface area contributed by atoms with Crippen LogP contribution in [0, 0.1) is 10.4 Å². The lowest BCUT2D eigenvalue weighted by Crippen LogP contribution is -2.60. The highest BCUT2D eigenvalue weighted by Crippen LogP contribution is 2.02. The summed E-state index contributed by atoms with van der Waals surface area (Å²) in [5, 5.41) is 22.5. The van der Waals surface area contributed by atoms with E-state index >= 15 is 0 Å². The van der Waals surface area contributed by atoms with Gasteiger partial charge in [-0.25, -0.2) is 0 Å². The Labute approximate surface area is 67.7 Å². The third-order valence-corrected chi connectivity index (χ3v) is 1.59. The summed E-state index contributed by atoms with van der Waals surface area (Å²) in [6.45, 7) is 0. The van der Waals surface area contributed by atoms with Crippen LogP contribution in [0.1, 0.15) is 0 Å². The number of rotatable bonds is 0. The van der Waals surface area contributed by atoms with Crippen molar-refractivity contribution in [3.8, 4) is 0 Å². The molecule has 0 aromatic carbocycles. The molecule has 2 rings (SSSR count). The molecule has 0 fully saturated rings. The third-order valence-electron chi connectivity index (χ3n) is 1.59. The van der Waals surface area contributed by atoms with Crippen molar-refractivity contribution in [1.82, 2.24) is 4.98 Å². The Hall–Kier alpha value is -1.91. The van der Waals surface area contributed by atoms with Gasteiger partial charge in [-0.2, -0.15) is 0 Å². The Kier molecular flexibility index (Phi) is 1.30. The van der Waals surface area contributed by atoms with Crippen LogP contribution in [0.15, 0.2) is 30.7 Å². The number of hydrogen-bond acceptors (Lipinski definition) is 3. The Balaban J connectivity index is 2.91. The minimum atomic E-state index is 0.225. The Morgan fingerprint density at radius 1 is 1.25 bits per heavy atom. The van der Waals surface area contributed by atoms with Gasteiger partial charge < -0.3 is 10.4 Å². The Bertz CT molecular complexity index is 430. The van der Waals surface area contributed by atoms with E-state index in [1.807, 2.05) is 0 Å². The molecule has 2 aromatic heterocycles.